The Morgan fingerprint density at radius 2 is 1.90 bits per heavy atom. The molecule has 1 fully saturated rings. The third-order valence-corrected chi connectivity index (χ3v) is 5.70. The first-order valence-corrected chi connectivity index (χ1v) is 10.5. The van der Waals surface area contributed by atoms with Gasteiger partial charge in [0.1, 0.15) is 6.61 Å². The number of hydrogen-bond acceptors (Lipinski definition) is 5. The van der Waals surface area contributed by atoms with E-state index in [0.29, 0.717) is 33.0 Å². The van der Waals surface area contributed by atoms with Crippen molar-refractivity contribution in [3.05, 3.63) is 62.5 Å². The Labute approximate surface area is 183 Å². The molecule has 8 heteroatoms. The van der Waals surface area contributed by atoms with Gasteiger partial charge < -0.3 is 9.47 Å². The van der Waals surface area contributed by atoms with Crippen LogP contribution in [0.3, 0.4) is 0 Å². The number of carbonyl (C=O) groups is 2. The molecule has 0 saturated carbocycles. The molecule has 2 amide bonds. The lowest BCUT2D eigenvalue weighted by atomic mass is 10.1. The minimum atomic E-state index is -0.265. The maximum Gasteiger partial charge on any atom is 0.293 e. The average Bonchev–Trinajstić information content (AvgIpc) is 2.95. The zero-order chi connectivity index (χ0) is 21.0. The van der Waals surface area contributed by atoms with Gasteiger partial charge in [-0.05, 0) is 54.1 Å². The van der Waals surface area contributed by atoms with Crippen LogP contribution in [0, 0.1) is 0 Å². The SMILES string of the molecule is CCCN1C(=O)S/C(=C/c2ccc(OCc3ccc(Cl)cc3Cl)c(OC)c2)C1=O. The molecule has 1 heterocycles. The van der Waals surface area contributed by atoms with Gasteiger partial charge in [-0.2, -0.15) is 0 Å². The molecule has 5 nitrogen and oxygen atoms in total. The number of carbonyl (C=O) groups excluding carboxylic acids is 2. The topological polar surface area (TPSA) is 55.8 Å². The van der Waals surface area contributed by atoms with Crippen LogP contribution < -0.4 is 9.47 Å². The van der Waals surface area contributed by atoms with Crippen LogP contribution in [0.15, 0.2) is 41.3 Å². The smallest absolute Gasteiger partial charge is 0.293 e. The highest BCUT2D eigenvalue weighted by molar-refractivity contribution is 8.18. The molecule has 0 aliphatic carbocycles. The first-order valence-electron chi connectivity index (χ1n) is 8.93. The quantitative estimate of drug-likeness (QED) is 0.481. The molecule has 1 aliphatic rings. The summed E-state index contributed by atoms with van der Waals surface area (Å²) in [6.45, 7) is 2.60. The fourth-order valence-corrected chi connectivity index (χ4v) is 4.08. The highest BCUT2D eigenvalue weighted by Crippen LogP contribution is 2.35. The van der Waals surface area contributed by atoms with Crippen LogP contribution in [0.4, 0.5) is 4.79 Å². The number of imide groups is 1. The van der Waals surface area contributed by atoms with Crippen molar-refractivity contribution in [2.75, 3.05) is 13.7 Å². The van der Waals surface area contributed by atoms with E-state index in [1.54, 1.807) is 42.5 Å². The Morgan fingerprint density at radius 1 is 1.10 bits per heavy atom. The van der Waals surface area contributed by atoms with Crippen LogP contribution in [0.25, 0.3) is 6.08 Å². The molecular formula is C21H19Cl2NO4S. The van der Waals surface area contributed by atoms with E-state index in [-0.39, 0.29) is 17.8 Å². The van der Waals surface area contributed by atoms with E-state index in [9.17, 15) is 9.59 Å². The summed E-state index contributed by atoms with van der Waals surface area (Å²) in [5, 5.41) is 0.842. The Kier molecular flexibility index (Phi) is 7.11. The number of hydrogen-bond donors (Lipinski definition) is 0. The molecule has 0 radical (unpaired) electrons. The second-order valence-electron chi connectivity index (χ2n) is 6.27. The van der Waals surface area contributed by atoms with Crippen LogP contribution >= 0.6 is 35.0 Å². The summed E-state index contributed by atoms with van der Waals surface area (Å²) < 4.78 is 11.3. The number of halogens is 2. The number of thioether (sulfide) groups is 1. The van der Waals surface area contributed by atoms with Gasteiger partial charge in [0.2, 0.25) is 0 Å². The highest BCUT2D eigenvalue weighted by Gasteiger charge is 2.34. The van der Waals surface area contributed by atoms with E-state index in [1.165, 1.54) is 12.0 Å². The van der Waals surface area contributed by atoms with Crippen LogP contribution in [-0.4, -0.2) is 29.7 Å². The van der Waals surface area contributed by atoms with Gasteiger partial charge in [0.25, 0.3) is 11.1 Å². The Hall–Kier alpha value is -2.15. The number of nitrogens with zero attached hydrogens (tertiary/aromatic N) is 1. The molecule has 2 aromatic rings. The van der Waals surface area contributed by atoms with Crippen molar-refractivity contribution in [1.29, 1.82) is 0 Å². The van der Waals surface area contributed by atoms with Gasteiger partial charge in [-0.3, -0.25) is 14.5 Å². The van der Waals surface area contributed by atoms with Crippen molar-refractivity contribution in [2.24, 2.45) is 0 Å². The second-order valence-corrected chi connectivity index (χ2v) is 8.10. The van der Waals surface area contributed by atoms with Crippen molar-refractivity contribution >= 4 is 52.2 Å². The minimum absolute atomic E-state index is 0.241. The Bertz CT molecular complexity index is 977. The van der Waals surface area contributed by atoms with Gasteiger partial charge in [-0.15, -0.1) is 0 Å². The molecule has 0 spiro atoms. The largest absolute Gasteiger partial charge is 0.493 e. The van der Waals surface area contributed by atoms with E-state index in [2.05, 4.69) is 0 Å². The summed E-state index contributed by atoms with van der Waals surface area (Å²) in [4.78, 5) is 26.0. The maximum atomic E-state index is 12.4. The van der Waals surface area contributed by atoms with E-state index in [0.717, 1.165) is 29.3 Å². The lowest BCUT2D eigenvalue weighted by Crippen LogP contribution is -2.28. The molecule has 3 rings (SSSR count). The first-order chi connectivity index (χ1) is 13.9. The molecule has 0 aromatic heterocycles. The lowest BCUT2D eigenvalue weighted by Gasteiger charge is -2.12. The molecule has 152 valence electrons. The van der Waals surface area contributed by atoms with Gasteiger partial charge in [0, 0.05) is 22.2 Å². The predicted molar refractivity (Wildman–Crippen MR) is 117 cm³/mol. The first kappa shape index (κ1) is 21.6. The number of ether oxygens (including phenoxy) is 2. The predicted octanol–water partition coefficient (Wildman–Crippen LogP) is 6.03. The zero-order valence-electron chi connectivity index (χ0n) is 15.9. The van der Waals surface area contributed by atoms with Gasteiger partial charge in [0.05, 0.1) is 12.0 Å². The van der Waals surface area contributed by atoms with Crippen molar-refractivity contribution in [3.63, 3.8) is 0 Å². The Balaban J connectivity index is 1.77. The van der Waals surface area contributed by atoms with Crippen molar-refractivity contribution in [2.45, 2.75) is 20.0 Å². The number of amides is 2. The second kappa shape index (κ2) is 9.57. The number of benzene rings is 2. The van der Waals surface area contributed by atoms with E-state index >= 15 is 0 Å². The summed E-state index contributed by atoms with van der Waals surface area (Å²) in [6, 6.07) is 10.5. The number of methoxy groups -OCH3 is 1. The van der Waals surface area contributed by atoms with E-state index in [1.807, 2.05) is 6.92 Å². The Morgan fingerprint density at radius 3 is 2.59 bits per heavy atom. The highest BCUT2D eigenvalue weighted by atomic mass is 35.5. The molecule has 0 unspecified atom stereocenters. The van der Waals surface area contributed by atoms with Crippen molar-refractivity contribution in [1.82, 2.24) is 4.90 Å². The molecule has 0 bridgehead atoms. The van der Waals surface area contributed by atoms with Crippen LogP contribution in [-0.2, 0) is 11.4 Å². The van der Waals surface area contributed by atoms with Crippen LogP contribution in [0.5, 0.6) is 11.5 Å². The normalized spacial score (nSPS) is 15.3. The summed E-state index contributed by atoms with van der Waals surface area (Å²) in [6.07, 6.45) is 2.41. The molecule has 0 atom stereocenters. The van der Waals surface area contributed by atoms with E-state index < -0.39 is 0 Å². The third-order valence-electron chi connectivity index (χ3n) is 4.20. The lowest BCUT2D eigenvalue weighted by molar-refractivity contribution is -0.122. The van der Waals surface area contributed by atoms with Gasteiger partial charge in [-0.1, -0.05) is 42.3 Å². The van der Waals surface area contributed by atoms with E-state index in [4.69, 9.17) is 32.7 Å². The summed E-state index contributed by atoms with van der Waals surface area (Å²) in [7, 11) is 1.54. The fraction of sp³-hybridized carbons (Fsp3) is 0.238. The molecule has 29 heavy (non-hydrogen) atoms. The van der Waals surface area contributed by atoms with Gasteiger partial charge in [-0.25, -0.2) is 0 Å². The third kappa shape index (κ3) is 5.07. The van der Waals surface area contributed by atoms with Crippen LogP contribution in [0.2, 0.25) is 10.0 Å². The summed E-state index contributed by atoms with van der Waals surface area (Å²) in [5.41, 5.74) is 1.53. The van der Waals surface area contributed by atoms with Crippen LogP contribution in [0.1, 0.15) is 24.5 Å². The fourth-order valence-electron chi connectivity index (χ4n) is 2.76. The van der Waals surface area contributed by atoms with Crippen molar-refractivity contribution in [3.8, 4) is 11.5 Å². The molecular weight excluding hydrogens is 433 g/mol. The standard InChI is InChI=1S/C21H19Cl2NO4S/c1-3-8-24-20(25)19(29-21(24)26)10-13-4-7-17(18(9-13)27-2)28-12-14-5-6-15(22)11-16(14)23/h4-7,9-11H,3,8,12H2,1-2H3/b19-10+. The van der Waals surface area contributed by atoms with Gasteiger partial charge >= 0.3 is 0 Å². The molecule has 0 N–H and O–H groups in total. The summed E-state index contributed by atoms with van der Waals surface area (Å²) in [5.74, 6) is 0.782. The molecule has 1 aliphatic heterocycles. The monoisotopic (exact) mass is 451 g/mol. The minimum Gasteiger partial charge on any atom is -0.493 e. The average molecular weight is 452 g/mol. The maximum absolute atomic E-state index is 12.4. The zero-order valence-corrected chi connectivity index (χ0v) is 18.2. The van der Waals surface area contributed by atoms with Crippen molar-refractivity contribution < 1.29 is 19.1 Å². The summed E-state index contributed by atoms with van der Waals surface area (Å²) >= 11 is 13.0. The number of rotatable bonds is 7. The molecule has 2 aromatic carbocycles. The molecule has 1 saturated heterocycles. The van der Waals surface area contributed by atoms with Gasteiger partial charge in [0.15, 0.2) is 11.5 Å².